The summed E-state index contributed by atoms with van der Waals surface area (Å²) in [5, 5.41) is 24.4. The SMILES string of the molecule is C=CC(O)N1CCN(c2nc(Oc3cccc4c3CCN(C)C4)nc3c(=O)n(-c4cccc(C)c4C(F)(F)F)ncc23)CC1CC#N. The van der Waals surface area contributed by atoms with E-state index in [1.807, 2.05) is 24.1 Å². The number of aryl methyl sites for hydroxylation is 1. The molecule has 6 rings (SSSR count). The van der Waals surface area contributed by atoms with Crippen molar-refractivity contribution in [3.8, 4) is 23.5 Å². The van der Waals surface area contributed by atoms with Gasteiger partial charge in [-0.15, -0.1) is 0 Å². The van der Waals surface area contributed by atoms with Gasteiger partial charge in [-0.2, -0.15) is 38.2 Å². The van der Waals surface area contributed by atoms with Gasteiger partial charge < -0.3 is 19.6 Å². The number of anilines is 1. The van der Waals surface area contributed by atoms with Crippen molar-refractivity contribution in [2.45, 2.75) is 44.8 Å². The highest BCUT2D eigenvalue weighted by Crippen LogP contribution is 2.37. The number of hydrogen-bond acceptors (Lipinski definition) is 10. The number of nitrogens with zero attached hydrogens (tertiary/aromatic N) is 8. The number of aliphatic hydroxyl groups excluding tert-OH is 1. The Hall–Kier alpha value is -4.84. The van der Waals surface area contributed by atoms with Gasteiger partial charge in [-0.3, -0.25) is 9.69 Å². The van der Waals surface area contributed by atoms with E-state index in [0.717, 1.165) is 30.6 Å². The average Bonchev–Trinajstić information content (AvgIpc) is 3.04. The molecule has 244 valence electrons. The molecular weight excluding hydrogens is 613 g/mol. The highest BCUT2D eigenvalue weighted by Gasteiger charge is 2.37. The molecule has 1 saturated heterocycles. The monoisotopic (exact) mass is 646 g/mol. The first kappa shape index (κ1) is 32.1. The predicted molar refractivity (Wildman–Crippen MR) is 168 cm³/mol. The molecule has 2 unspecified atom stereocenters. The van der Waals surface area contributed by atoms with Gasteiger partial charge in [0.15, 0.2) is 0 Å². The molecule has 0 spiro atoms. The molecule has 0 bridgehead atoms. The Labute approximate surface area is 268 Å². The highest BCUT2D eigenvalue weighted by molar-refractivity contribution is 5.89. The zero-order valence-corrected chi connectivity index (χ0v) is 25.9. The maximum absolute atomic E-state index is 14.2. The molecule has 0 aliphatic carbocycles. The third kappa shape index (κ3) is 6.17. The van der Waals surface area contributed by atoms with E-state index in [0.29, 0.717) is 23.5 Å². The third-order valence-corrected chi connectivity index (χ3v) is 8.69. The summed E-state index contributed by atoms with van der Waals surface area (Å²) < 4.78 is 49.5. The van der Waals surface area contributed by atoms with Crippen LogP contribution in [0.15, 0.2) is 60.0 Å². The molecule has 2 aliphatic heterocycles. The molecule has 2 aromatic heterocycles. The van der Waals surface area contributed by atoms with Crippen molar-refractivity contribution < 1.29 is 23.0 Å². The minimum Gasteiger partial charge on any atom is -0.424 e. The van der Waals surface area contributed by atoms with Gasteiger partial charge in [0.25, 0.3) is 5.56 Å². The van der Waals surface area contributed by atoms with Crippen molar-refractivity contribution in [3.63, 3.8) is 0 Å². The second-order valence-electron chi connectivity index (χ2n) is 11.8. The molecule has 1 N–H and O–H groups in total. The number of hydrogen-bond donors (Lipinski definition) is 1. The van der Waals surface area contributed by atoms with E-state index in [9.17, 15) is 28.3 Å². The summed E-state index contributed by atoms with van der Waals surface area (Å²) in [6, 6.07) is 11.2. The van der Waals surface area contributed by atoms with E-state index < -0.39 is 35.3 Å². The maximum atomic E-state index is 14.2. The van der Waals surface area contributed by atoms with Crippen molar-refractivity contribution in [3.05, 3.63) is 87.9 Å². The lowest BCUT2D eigenvalue weighted by atomic mass is 9.99. The van der Waals surface area contributed by atoms with E-state index in [4.69, 9.17) is 9.72 Å². The number of aromatic nitrogens is 4. The lowest BCUT2D eigenvalue weighted by molar-refractivity contribution is -0.138. The first-order valence-corrected chi connectivity index (χ1v) is 15.1. The van der Waals surface area contributed by atoms with E-state index in [2.05, 4.69) is 27.6 Å². The summed E-state index contributed by atoms with van der Waals surface area (Å²) in [6.45, 7) is 7.44. The second-order valence-corrected chi connectivity index (χ2v) is 11.8. The van der Waals surface area contributed by atoms with Crippen molar-refractivity contribution in [2.24, 2.45) is 0 Å². The number of nitriles is 1. The minimum atomic E-state index is -4.74. The first-order chi connectivity index (χ1) is 22.5. The van der Waals surface area contributed by atoms with E-state index >= 15 is 0 Å². The Morgan fingerprint density at radius 1 is 1.19 bits per heavy atom. The zero-order chi connectivity index (χ0) is 33.5. The number of aliphatic hydroxyl groups is 1. The first-order valence-electron chi connectivity index (χ1n) is 15.1. The molecule has 2 aliphatic rings. The lowest BCUT2D eigenvalue weighted by Crippen LogP contribution is -2.56. The number of ether oxygens (including phenoxy) is 1. The lowest BCUT2D eigenvalue weighted by Gasteiger charge is -2.42. The fraction of sp³-hybridized carbons (Fsp3) is 0.364. The maximum Gasteiger partial charge on any atom is 0.418 e. The molecule has 4 heterocycles. The number of fused-ring (bicyclic) bond motifs is 2. The van der Waals surface area contributed by atoms with Crippen LogP contribution in [0.1, 0.15) is 28.7 Å². The van der Waals surface area contributed by atoms with Crippen LogP contribution in [-0.4, -0.2) is 80.2 Å². The van der Waals surface area contributed by atoms with Crippen LogP contribution in [0.2, 0.25) is 0 Å². The average molecular weight is 647 g/mol. The molecule has 14 heteroatoms. The molecule has 0 radical (unpaired) electrons. The van der Waals surface area contributed by atoms with Gasteiger partial charge in [0.2, 0.25) is 0 Å². The molecule has 0 saturated carbocycles. The van der Waals surface area contributed by atoms with Gasteiger partial charge in [0.1, 0.15) is 23.3 Å². The van der Waals surface area contributed by atoms with E-state index in [1.165, 1.54) is 37.4 Å². The van der Waals surface area contributed by atoms with Crippen LogP contribution in [0.25, 0.3) is 16.6 Å². The number of piperazine rings is 1. The summed E-state index contributed by atoms with van der Waals surface area (Å²) in [5.41, 5.74) is -0.439. The van der Waals surface area contributed by atoms with Crippen LogP contribution in [0.4, 0.5) is 19.0 Å². The fourth-order valence-corrected chi connectivity index (χ4v) is 6.39. The normalized spacial score (nSPS) is 18.1. The van der Waals surface area contributed by atoms with Gasteiger partial charge >= 0.3 is 12.2 Å². The standard InChI is InChI=1S/C33H33F3N8O3/c1-4-27(45)43-16-15-42(19-22(43)11-13-37)30-24-17-38-44(25-9-5-7-20(2)28(25)33(34,35)36)31(46)29(24)39-32(40-30)47-26-10-6-8-21-18-41(3)14-12-23(21)26/h4-10,17,22,27,45H,1,11-12,14-16,18-19H2,2-3H3. The van der Waals surface area contributed by atoms with Gasteiger partial charge in [0.05, 0.1) is 35.3 Å². The Kier molecular flexibility index (Phi) is 8.71. The zero-order valence-electron chi connectivity index (χ0n) is 25.9. The van der Waals surface area contributed by atoms with Crippen molar-refractivity contribution in [2.75, 3.05) is 38.1 Å². The van der Waals surface area contributed by atoms with Gasteiger partial charge in [0, 0.05) is 44.3 Å². The summed E-state index contributed by atoms with van der Waals surface area (Å²) >= 11 is 0. The summed E-state index contributed by atoms with van der Waals surface area (Å²) in [4.78, 5) is 29.0. The van der Waals surface area contributed by atoms with Gasteiger partial charge in [-0.25, -0.2) is 0 Å². The summed E-state index contributed by atoms with van der Waals surface area (Å²) in [7, 11) is 2.03. The van der Waals surface area contributed by atoms with Crippen molar-refractivity contribution in [1.29, 1.82) is 5.26 Å². The Bertz CT molecular complexity index is 1940. The number of benzene rings is 2. The van der Waals surface area contributed by atoms with E-state index in [1.54, 1.807) is 11.0 Å². The number of halogens is 3. The van der Waals surface area contributed by atoms with Crippen LogP contribution < -0.4 is 15.2 Å². The van der Waals surface area contributed by atoms with Crippen molar-refractivity contribution in [1.82, 2.24) is 29.5 Å². The largest absolute Gasteiger partial charge is 0.424 e. The highest BCUT2D eigenvalue weighted by atomic mass is 19.4. The van der Waals surface area contributed by atoms with Crippen LogP contribution in [0.3, 0.4) is 0 Å². The summed E-state index contributed by atoms with van der Waals surface area (Å²) in [6.07, 6.45) is -2.23. The van der Waals surface area contributed by atoms with Gasteiger partial charge in [-0.05, 0) is 49.7 Å². The molecule has 2 aromatic carbocycles. The molecule has 2 atom stereocenters. The predicted octanol–water partition coefficient (Wildman–Crippen LogP) is 4.19. The second kappa shape index (κ2) is 12.7. The Morgan fingerprint density at radius 2 is 1.98 bits per heavy atom. The number of alkyl halides is 3. The quantitative estimate of drug-likeness (QED) is 0.293. The van der Waals surface area contributed by atoms with Crippen LogP contribution in [0, 0.1) is 18.3 Å². The molecule has 0 amide bonds. The van der Waals surface area contributed by atoms with Crippen LogP contribution in [-0.2, 0) is 19.1 Å². The fourth-order valence-electron chi connectivity index (χ4n) is 6.39. The van der Waals surface area contributed by atoms with Gasteiger partial charge in [-0.1, -0.05) is 30.8 Å². The Morgan fingerprint density at radius 3 is 2.72 bits per heavy atom. The van der Waals surface area contributed by atoms with E-state index in [-0.39, 0.29) is 41.3 Å². The topological polar surface area (TPSA) is 124 Å². The third-order valence-electron chi connectivity index (χ3n) is 8.69. The van der Waals surface area contributed by atoms with Crippen LogP contribution in [0.5, 0.6) is 11.8 Å². The van der Waals surface area contributed by atoms with Crippen LogP contribution >= 0.6 is 0 Å². The smallest absolute Gasteiger partial charge is 0.418 e. The van der Waals surface area contributed by atoms with Crippen molar-refractivity contribution >= 4 is 16.7 Å². The number of likely N-dealkylation sites (N-methyl/N-ethyl adjacent to an activating group) is 1. The molecule has 1 fully saturated rings. The molecule has 4 aromatic rings. The molecular formula is C33H33F3N8O3. The summed E-state index contributed by atoms with van der Waals surface area (Å²) in [5.74, 6) is 0.803. The molecule has 47 heavy (non-hydrogen) atoms. The number of rotatable bonds is 7. The minimum absolute atomic E-state index is 0.0567. The molecule has 11 nitrogen and oxygen atoms in total. The Balaban J connectivity index is 1.51.